The van der Waals surface area contributed by atoms with E-state index in [1.807, 2.05) is 6.92 Å². The predicted molar refractivity (Wildman–Crippen MR) is 90.9 cm³/mol. The number of pyridine rings is 1. The number of hydrogen-bond donors (Lipinski definition) is 2. The Morgan fingerprint density at radius 1 is 1.04 bits per heavy atom. The number of alkyl halides is 3. The minimum Gasteiger partial charge on any atom is -0.352 e. The minimum atomic E-state index is -4.44. The fourth-order valence-corrected chi connectivity index (χ4v) is 2.11. The van der Waals surface area contributed by atoms with E-state index in [0.717, 1.165) is 37.1 Å². The molecule has 0 radical (unpaired) electrons. The molecule has 0 aliphatic rings. The molecule has 0 atom stereocenters. The Balaban J connectivity index is 2.05. The molecule has 0 saturated heterocycles. The smallest absolute Gasteiger partial charge is 0.352 e. The van der Waals surface area contributed by atoms with Crippen molar-refractivity contribution in [1.29, 1.82) is 0 Å². The van der Waals surface area contributed by atoms with Crippen LogP contribution in [0.4, 0.5) is 18.9 Å². The monoisotopic (exact) mass is 365 g/mol. The zero-order valence-corrected chi connectivity index (χ0v) is 14.1. The van der Waals surface area contributed by atoms with Gasteiger partial charge < -0.3 is 10.6 Å². The van der Waals surface area contributed by atoms with Crippen LogP contribution in [0.2, 0.25) is 0 Å². The van der Waals surface area contributed by atoms with Crippen molar-refractivity contribution in [2.45, 2.75) is 25.9 Å². The van der Waals surface area contributed by atoms with E-state index >= 15 is 0 Å². The second-order valence-corrected chi connectivity index (χ2v) is 5.60. The fraction of sp³-hybridized carbons (Fsp3) is 0.278. The Morgan fingerprint density at radius 3 is 2.23 bits per heavy atom. The third kappa shape index (κ3) is 5.30. The first-order valence-corrected chi connectivity index (χ1v) is 8.03. The van der Waals surface area contributed by atoms with Crippen LogP contribution in [0.1, 0.15) is 46.0 Å². The van der Waals surface area contributed by atoms with Gasteiger partial charge in [-0.1, -0.05) is 13.3 Å². The Kier molecular flexibility index (Phi) is 6.32. The van der Waals surface area contributed by atoms with Crippen LogP contribution < -0.4 is 10.6 Å². The molecule has 2 amide bonds. The number of halogens is 3. The van der Waals surface area contributed by atoms with E-state index in [-0.39, 0.29) is 22.7 Å². The van der Waals surface area contributed by atoms with Crippen LogP contribution in [0.3, 0.4) is 0 Å². The highest BCUT2D eigenvalue weighted by Gasteiger charge is 2.30. The molecule has 1 aromatic heterocycles. The van der Waals surface area contributed by atoms with E-state index < -0.39 is 17.6 Å². The van der Waals surface area contributed by atoms with Gasteiger partial charge in [0.25, 0.3) is 11.8 Å². The van der Waals surface area contributed by atoms with Crippen LogP contribution in [0, 0.1) is 0 Å². The van der Waals surface area contributed by atoms with Crippen LogP contribution >= 0.6 is 0 Å². The summed E-state index contributed by atoms with van der Waals surface area (Å²) in [6.07, 6.45) is -0.0360. The number of unbranched alkanes of at least 4 members (excludes halogenated alkanes) is 1. The van der Waals surface area contributed by atoms with Crippen LogP contribution in [-0.4, -0.2) is 23.3 Å². The number of nitrogens with zero attached hydrogens (tertiary/aromatic N) is 1. The molecule has 8 heteroatoms. The van der Waals surface area contributed by atoms with Crippen molar-refractivity contribution in [2.24, 2.45) is 0 Å². The molecule has 5 nitrogen and oxygen atoms in total. The average molecular weight is 365 g/mol. The summed E-state index contributed by atoms with van der Waals surface area (Å²) in [5.74, 6) is -0.907. The van der Waals surface area contributed by atoms with Gasteiger partial charge in [-0.3, -0.25) is 14.6 Å². The van der Waals surface area contributed by atoms with Crippen molar-refractivity contribution < 1.29 is 22.8 Å². The minimum absolute atomic E-state index is 0.132. The summed E-state index contributed by atoms with van der Waals surface area (Å²) in [7, 11) is 0. The van der Waals surface area contributed by atoms with Gasteiger partial charge in [-0.25, -0.2) is 0 Å². The zero-order chi connectivity index (χ0) is 19.2. The number of rotatable bonds is 6. The number of aromatic nitrogens is 1. The summed E-state index contributed by atoms with van der Waals surface area (Å²) >= 11 is 0. The highest BCUT2D eigenvalue weighted by molar-refractivity contribution is 6.05. The van der Waals surface area contributed by atoms with Gasteiger partial charge in [0.15, 0.2) is 0 Å². The van der Waals surface area contributed by atoms with Gasteiger partial charge in [-0.05, 0) is 36.8 Å². The maximum atomic E-state index is 12.5. The molecule has 0 spiro atoms. The number of amides is 2. The zero-order valence-electron chi connectivity index (χ0n) is 14.1. The molecule has 138 valence electrons. The van der Waals surface area contributed by atoms with Crippen molar-refractivity contribution in [3.8, 4) is 0 Å². The van der Waals surface area contributed by atoms with Gasteiger partial charge in [0.1, 0.15) is 0 Å². The fourth-order valence-electron chi connectivity index (χ4n) is 2.11. The molecule has 0 bridgehead atoms. The lowest BCUT2D eigenvalue weighted by molar-refractivity contribution is -0.137. The highest BCUT2D eigenvalue weighted by atomic mass is 19.4. The standard InChI is InChI=1S/C18H18F3N3O2/c1-2-3-8-23-16(25)12-9-13(11-22-10-12)17(26)24-15-6-4-14(5-7-15)18(19,20)21/h4-7,9-11H,2-3,8H2,1H3,(H,23,25)(H,24,26). The molecule has 0 saturated carbocycles. The summed E-state index contributed by atoms with van der Waals surface area (Å²) in [6.45, 7) is 2.53. The normalized spacial score (nSPS) is 11.1. The molecule has 0 unspecified atom stereocenters. The van der Waals surface area contributed by atoms with Crippen molar-refractivity contribution in [3.05, 3.63) is 59.4 Å². The molecular formula is C18H18F3N3O2. The van der Waals surface area contributed by atoms with E-state index in [2.05, 4.69) is 15.6 Å². The summed E-state index contributed by atoms with van der Waals surface area (Å²) < 4.78 is 37.6. The number of benzene rings is 1. The lowest BCUT2D eigenvalue weighted by Crippen LogP contribution is -2.25. The molecular weight excluding hydrogens is 347 g/mol. The third-order valence-electron chi connectivity index (χ3n) is 3.55. The van der Waals surface area contributed by atoms with E-state index in [1.54, 1.807) is 0 Å². The second kappa shape index (κ2) is 8.46. The van der Waals surface area contributed by atoms with Crippen molar-refractivity contribution >= 4 is 17.5 Å². The van der Waals surface area contributed by atoms with Crippen LogP contribution in [0.15, 0.2) is 42.7 Å². The van der Waals surface area contributed by atoms with Gasteiger partial charge in [-0.15, -0.1) is 0 Å². The first-order chi connectivity index (χ1) is 12.3. The molecule has 2 aromatic rings. The Labute approximate surface area is 148 Å². The van der Waals surface area contributed by atoms with E-state index in [4.69, 9.17) is 0 Å². The first kappa shape index (κ1) is 19.4. The Hall–Kier alpha value is -2.90. The summed E-state index contributed by atoms with van der Waals surface area (Å²) in [4.78, 5) is 28.1. The van der Waals surface area contributed by atoms with Crippen LogP contribution in [0.25, 0.3) is 0 Å². The van der Waals surface area contributed by atoms with Crippen LogP contribution in [0.5, 0.6) is 0 Å². The van der Waals surface area contributed by atoms with E-state index in [0.29, 0.717) is 6.54 Å². The van der Waals surface area contributed by atoms with Gasteiger partial charge in [0.2, 0.25) is 0 Å². The SMILES string of the molecule is CCCCNC(=O)c1cncc(C(=O)Nc2ccc(C(F)(F)F)cc2)c1. The lowest BCUT2D eigenvalue weighted by Gasteiger charge is -2.09. The Morgan fingerprint density at radius 2 is 1.65 bits per heavy atom. The second-order valence-electron chi connectivity index (χ2n) is 5.60. The van der Waals surface area contributed by atoms with Gasteiger partial charge in [0.05, 0.1) is 16.7 Å². The lowest BCUT2D eigenvalue weighted by atomic mass is 10.1. The van der Waals surface area contributed by atoms with Gasteiger partial charge >= 0.3 is 6.18 Å². The number of carbonyl (C=O) groups is 2. The third-order valence-corrected chi connectivity index (χ3v) is 3.55. The summed E-state index contributed by atoms with van der Waals surface area (Å²) in [5.41, 5.74) is -0.224. The molecule has 2 rings (SSSR count). The van der Waals surface area contributed by atoms with Crippen molar-refractivity contribution in [3.63, 3.8) is 0 Å². The summed E-state index contributed by atoms with van der Waals surface area (Å²) in [6, 6.07) is 5.47. The van der Waals surface area contributed by atoms with E-state index in [9.17, 15) is 22.8 Å². The molecule has 1 aromatic carbocycles. The highest BCUT2D eigenvalue weighted by Crippen LogP contribution is 2.29. The molecule has 26 heavy (non-hydrogen) atoms. The maximum Gasteiger partial charge on any atom is 0.416 e. The number of nitrogens with one attached hydrogen (secondary N) is 2. The largest absolute Gasteiger partial charge is 0.416 e. The molecule has 0 fully saturated rings. The first-order valence-electron chi connectivity index (χ1n) is 8.03. The van der Waals surface area contributed by atoms with Gasteiger partial charge in [-0.2, -0.15) is 13.2 Å². The number of carbonyl (C=O) groups excluding carboxylic acids is 2. The average Bonchev–Trinajstić information content (AvgIpc) is 2.61. The molecule has 0 aliphatic carbocycles. The number of hydrogen-bond acceptors (Lipinski definition) is 3. The predicted octanol–water partition coefficient (Wildman–Crippen LogP) is 3.88. The van der Waals surface area contributed by atoms with Crippen LogP contribution in [-0.2, 0) is 6.18 Å². The summed E-state index contributed by atoms with van der Waals surface area (Å²) in [5, 5.41) is 5.20. The topological polar surface area (TPSA) is 71.1 Å². The van der Waals surface area contributed by atoms with E-state index in [1.165, 1.54) is 18.5 Å². The van der Waals surface area contributed by atoms with Crippen molar-refractivity contribution in [2.75, 3.05) is 11.9 Å². The molecule has 1 heterocycles. The van der Waals surface area contributed by atoms with Crippen molar-refractivity contribution in [1.82, 2.24) is 10.3 Å². The Bertz CT molecular complexity index is 774. The maximum absolute atomic E-state index is 12.5. The molecule has 2 N–H and O–H groups in total. The molecule has 0 aliphatic heterocycles. The quantitative estimate of drug-likeness (QED) is 0.763. The number of anilines is 1. The van der Waals surface area contributed by atoms with Gasteiger partial charge in [0, 0.05) is 24.6 Å².